The molecule has 2 fully saturated rings. The number of Topliss-reactive ketones (excluding diaryl/α,β-unsaturated/α-hetero) is 1. The van der Waals surface area contributed by atoms with Gasteiger partial charge in [0, 0.05) is 39.4 Å². The van der Waals surface area contributed by atoms with Crippen molar-refractivity contribution in [1.82, 2.24) is 14.9 Å². The summed E-state index contributed by atoms with van der Waals surface area (Å²) in [6, 6.07) is 0.347. The summed E-state index contributed by atoms with van der Waals surface area (Å²) in [4.78, 5) is 35.2. The molecule has 7 nitrogen and oxygen atoms in total. The lowest BCUT2D eigenvalue weighted by Crippen LogP contribution is -2.32. The molecule has 0 unspecified atom stereocenters. The number of hydrogen-bond donors (Lipinski definition) is 1. The fourth-order valence-corrected chi connectivity index (χ4v) is 4.81. The molecule has 0 atom stereocenters. The number of ether oxygens (including phenoxy) is 1. The lowest BCUT2D eigenvalue weighted by Gasteiger charge is -2.30. The maximum absolute atomic E-state index is 12.2. The molecule has 1 N–H and O–H groups in total. The predicted molar refractivity (Wildman–Crippen MR) is 117 cm³/mol. The fraction of sp³-hybridized carbons (Fsp3) is 0.739. The summed E-state index contributed by atoms with van der Waals surface area (Å²) in [6.07, 6.45) is 10.8. The van der Waals surface area contributed by atoms with Crippen LogP contribution in [0.25, 0.3) is 0 Å². The topological polar surface area (TPSA) is 84.4 Å². The second kappa shape index (κ2) is 10.3. The van der Waals surface area contributed by atoms with Crippen LogP contribution in [0.1, 0.15) is 74.3 Å². The molecule has 1 amide bonds. The summed E-state index contributed by atoms with van der Waals surface area (Å²) in [6.45, 7) is 1.58. The quantitative estimate of drug-likeness (QED) is 0.685. The number of ketones is 1. The number of amides is 1. The van der Waals surface area contributed by atoms with E-state index in [1.165, 1.54) is 0 Å². The molecule has 2 aliphatic rings. The summed E-state index contributed by atoms with van der Waals surface area (Å²) in [5.41, 5.74) is 1.46. The first-order valence-corrected chi connectivity index (χ1v) is 11.2. The molecule has 30 heavy (non-hydrogen) atoms. The van der Waals surface area contributed by atoms with Crippen LogP contribution in [0.2, 0.25) is 0 Å². The number of carbonyl (C=O) groups excluding carboxylic acids is 2. The average molecular weight is 417 g/mol. The van der Waals surface area contributed by atoms with Gasteiger partial charge in [-0.15, -0.1) is 0 Å². The van der Waals surface area contributed by atoms with Crippen LogP contribution in [0, 0.1) is 11.8 Å². The molecule has 7 heteroatoms. The summed E-state index contributed by atoms with van der Waals surface area (Å²) in [5.74, 6) is 1.44. The Kier molecular flexibility index (Phi) is 7.81. The highest BCUT2D eigenvalue weighted by Crippen LogP contribution is 2.32. The van der Waals surface area contributed by atoms with Crippen LogP contribution in [0.3, 0.4) is 0 Å². The van der Waals surface area contributed by atoms with E-state index in [1.54, 1.807) is 25.1 Å². The molecular weight excluding hydrogens is 380 g/mol. The maximum atomic E-state index is 12.2. The van der Waals surface area contributed by atoms with Gasteiger partial charge in [0.1, 0.15) is 0 Å². The van der Waals surface area contributed by atoms with Crippen LogP contribution in [0.4, 0.5) is 5.95 Å². The zero-order valence-corrected chi connectivity index (χ0v) is 18.8. The number of anilines is 1. The highest BCUT2D eigenvalue weighted by atomic mass is 16.5. The van der Waals surface area contributed by atoms with Gasteiger partial charge in [-0.25, -0.2) is 9.97 Å². The number of carbonyl (C=O) groups is 2. The van der Waals surface area contributed by atoms with Crippen molar-refractivity contribution in [3.63, 3.8) is 0 Å². The van der Waals surface area contributed by atoms with Crippen LogP contribution >= 0.6 is 0 Å². The van der Waals surface area contributed by atoms with Crippen LogP contribution in [-0.4, -0.2) is 59.9 Å². The molecule has 0 aliphatic heterocycles. The maximum Gasteiger partial charge on any atom is 0.225 e. The zero-order valence-electron chi connectivity index (χ0n) is 18.8. The van der Waals surface area contributed by atoms with E-state index in [2.05, 4.69) is 10.3 Å². The second-order valence-corrected chi connectivity index (χ2v) is 9.12. The Morgan fingerprint density at radius 1 is 1.10 bits per heavy atom. The normalized spacial score (nSPS) is 26.8. The molecule has 2 aliphatic carbocycles. The smallest absolute Gasteiger partial charge is 0.225 e. The summed E-state index contributed by atoms with van der Waals surface area (Å²) in [5, 5.41) is 3.46. The van der Waals surface area contributed by atoms with Crippen LogP contribution in [0.5, 0.6) is 0 Å². The first kappa shape index (κ1) is 22.7. The van der Waals surface area contributed by atoms with Gasteiger partial charge in [-0.05, 0) is 70.6 Å². The number of methoxy groups -OCH3 is 1. The van der Waals surface area contributed by atoms with Crippen LogP contribution < -0.4 is 5.32 Å². The molecule has 1 heterocycles. The fourth-order valence-electron chi connectivity index (χ4n) is 4.81. The van der Waals surface area contributed by atoms with E-state index < -0.39 is 0 Å². The van der Waals surface area contributed by atoms with Gasteiger partial charge in [-0.2, -0.15) is 0 Å². The van der Waals surface area contributed by atoms with Gasteiger partial charge >= 0.3 is 0 Å². The molecule has 0 saturated heterocycles. The summed E-state index contributed by atoms with van der Waals surface area (Å²) in [7, 11) is 5.42. The molecule has 0 radical (unpaired) electrons. The Bertz CT molecular complexity index is 736. The number of hydrogen-bond acceptors (Lipinski definition) is 6. The largest absolute Gasteiger partial charge is 0.381 e. The third-order valence-corrected chi connectivity index (χ3v) is 6.71. The van der Waals surface area contributed by atoms with E-state index in [1.807, 2.05) is 14.1 Å². The first-order chi connectivity index (χ1) is 14.4. The lowest BCUT2D eigenvalue weighted by molar-refractivity contribution is -0.134. The van der Waals surface area contributed by atoms with Crippen LogP contribution in [-0.2, 0) is 16.0 Å². The summed E-state index contributed by atoms with van der Waals surface area (Å²) >= 11 is 0. The van der Waals surface area contributed by atoms with Gasteiger partial charge in [0.25, 0.3) is 0 Å². The molecule has 1 aromatic rings. The minimum Gasteiger partial charge on any atom is -0.381 e. The van der Waals surface area contributed by atoms with Crippen molar-refractivity contribution in [2.45, 2.75) is 76.9 Å². The third kappa shape index (κ3) is 5.78. The SMILES string of the molecule is COC1CCC(Nc2ncc(C(C)=O)c(CC3CCC(C(=O)N(C)C)CC3)n2)CC1. The van der Waals surface area contributed by atoms with Crippen LogP contribution in [0.15, 0.2) is 6.20 Å². The van der Waals surface area contributed by atoms with Crippen molar-refractivity contribution in [2.24, 2.45) is 11.8 Å². The van der Waals surface area contributed by atoms with Crippen molar-refractivity contribution in [2.75, 3.05) is 26.5 Å². The van der Waals surface area contributed by atoms with Gasteiger partial charge in [0.15, 0.2) is 5.78 Å². The molecule has 0 bridgehead atoms. The van der Waals surface area contributed by atoms with E-state index in [4.69, 9.17) is 9.72 Å². The molecule has 2 saturated carbocycles. The van der Waals surface area contributed by atoms with Crippen molar-refractivity contribution in [3.8, 4) is 0 Å². The molecule has 3 rings (SSSR count). The Morgan fingerprint density at radius 2 is 1.77 bits per heavy atom. The monoisotopic (exact) mass is 416 g/mol. The van der Waals surface area contributed by atoms with Crippen molar-refractivity contribution >= 4 is 17.6 Å². The number of aromatic nitrogens is 2. The van der Waals surface area contributed by atoms with Gasteiger partial charge in [-0.3, -0.25) is 9.59 Å². The average Bonchev–Trinajstić information content (AvgIpc) is 2.74. The molecule has 0 aromatic carbocycles. The van der Waals surface area contributed by atoms with Gasteiger partial charge < -0.3 is 15.0 Å². The highest BCUT2D eigenvalue weighted by molar-refractivity contribution is 5.94. The minimum atomic E-state index is 0.00799. The summed E-state index contributed by atoms with van der Waals surface area (Å²) < 4.78 is 5.45. The molecule has 0 spiro atoms. The highest BCUT2D eigenvalue weighted by Gasteiger charge is 2.28. The Hall–Kier alpha value is -2.02. The van der Waals surface area contributed by atoms with Crippen molar-refractivity contribution < 1.29 is 14.3 Å². The Morgan fingerprint density at radius 3 is 2.33 bits per heavy atom. The zero-order chi connectivity index (χ0) is 21.7. The first-order valence-electron chi connectivity index (χ1n) is 11.2. The van der Waals surface area contributed by atoms with E-state index in [-0.39, 0.29) is 17.6 Å². The minimum absolute atomic E-state index is 0.00799. The molecular formula is C23H36N4O3. The standard InChI is InChI=1S/C23H36N4O3/c1-15(28)20-14-24-23(25-18-9-11-19(30-4)12-10-18)26-21(20)13-16-5-7-17(8-6-16)22(29)27(2)3/h14,16-19H,5-13H2,1-4H3,(H,24,25,26). The van der Waals surface area contributed by atoms with Crippen molar-refractivity contribution in [1.29, 1.82) is 0 Å². The lowest BCUT2D eigenvalue weighted by atomic mass is 9.79. The Labute approximate surface area is 180 Å². The van der Waals surface area contributed by atoms with Gasteiger partial charge in [0.2, 0.25) is 11.9 Å². The van der Waals surface area contributed by atoms with E-state index in [0.717, 1.165) is 63.5 Å². The Balaban J connectivity index is 1.63. The van der Waals surface area contributed by atoms with E-state index >= 15 is 0 Å². The number of nitrogens with one attached hydrogen (secondary N) is 1. The van der Waals surface area contributed by atoms with Gasteiger partial charge in [-0.1, -0.05) is 0 Å². The van der Waals surface area contributed by atoms with Crippen molar-refractivity contribution in [3.05, 3.63) is 17.5 Å². The number of rotatable bonds is 7. The molecule has 1 aromatic heterocycles. The number of nitrogens with zero attached hydrogens (tertiary/aromatic N) is 3. The van der Waals surface area contributed by atoms with Gasteiger partial charge in [0.05, 0.1) is 17.4 Å². The third-order valence-electron chi connectivity index (χ3n) is 6.71. The van der Waals surface area contributed by atoms with E-state index in [9.17, 15) is 9.59 Å². The second-order valence-electron chi connectivity index (χ2n) is 9.12. The van der Waals surface area contributed by atoms with E-state index in [0.29, 0.717) is 29.6 Å². The molecule has 166 valence electrons. The predicted octanol–water partition coefficient (Wildman–Crippen LogP) is 3.49.